The van der Waals surface area contributed by atoms with Gasteiger partial charge in [-0.1, -0.05) is 6.42 Å². The fourth-order valence-corrected chi connectivity index (χ4v) is 3.82. The highest BCUT2D eigenvalue weighted by molar-refractivity contribution is 5.94. The Morgan fingerprint density at radius 3 is 2.44 bits per heavy atom. The van der Waals surface area contributed by atoms with Crippen molar-refractivity contribution in [2.45, 2.75) is 25.3 Å². The van der Waals surface area contributed by atoms with Gasteiger partial charge in [-0.3, -0.25) is 14.5 Å². The van der Waals surface area contributed by atoms with E-state index in [0.29, 0.717) is 17.4 Å². The summed E-state index contributed by atoms with van der Waals surface area (Å²) in [6.45, 7) is 5.79. The molecule has 1 aromatic carbocycles. The molecule has 7 heteroatoms. The van der Waals surface area contributed by atoms with Gasteiger partial charge in [0.1, 0.15) is 5.75 Å². The van der Waals surface area contributed by atoms with Crippen LogP contribution in [0.25, 0.3) is 0 Å². The third-order valence-corrected chi connectivity index (χ3v) is 5.47. The molecule has 2 N–H and O–H groups in total. The van der Waals surface area contributed by atoms with Crippen molar-refractivity contribution >= 4 is 11.8 Å². The number of piperazine rings is 1. The molecular formula is C20H30N4O3. The Morgan fingerprint density at radius 1 is 1.07 bits per heavy atom. The smallest absolute Gasteiger partial charge is 0.255 e. The van der Waals surface area contributed by atoms with Crippen LogP contribution in [-0.2, 0) is 4.79 Å². The maximum absolute atomic E-state index is 13.0. The van der Waals surface area contributed by atoms with Crippen LogP contribution < -0.4 is 10.5 Å². The Bertz CT molecular complexity index is 641. The number of nitrogens with zero attached hydrogens (tertiary/aromatic N) is 3. The summed E-state index contributed by atoms with van der Waals surface area (Å²) in [7, 11) is 2.16. The van der Waals surface area contributed by atoms with Gasteiger partial charge in [-0.05, 0) is 44.2 Å². The summed E-state index contributed by atoms with van der Waals surface area (Å²) < 4.78 is 5.26. The highest BCUT2D eigenvalue weighted by Gasteiger charge is 2.28. The molecular weight excluding hydrogens is 344 g/mol. The van der Waals surface area contributed by atoms with Crippen LogP contribution in [0.1, 0.15) is 29.6 Å². The van der Waals surface area contributed by atoms with Gasteiger partial charge in [0.05, 0.1) is 0 Å². The van der Waals surface area contributed by atoms with Crippen molar-refractivity contribution < 1.29 is 14.3 Å². The van der Waals surface area contributed by atoms with E-state index in [2.05, 4.69) is 16.8 Å². The number of likely N-dealkylation sites (tertiary alicyclic amines) is 1. The van der Waals surface area contributed by atoms with Gasteiger partial charge in [0.15, 0.2) is 6.61 Å². The topological polar surface area (TPSA) is 79.1 Å². The summed E-state index contributed by atoms with van der Waals surface area (Å²) in [5, 5.41) is 0. The molecule has 3 rings (SSSR count). The molecule has 0 spiro atoms. The minimum absolute atomic E-state index is 0.0671. The second kappa shape index (κ2) is 9.19. The van der Waals surface area contributed by atoms with E-state index in [1.54, 1.807) is 24.3 Å². The SMILES string of the molecule is CN1CCN([C@@H]2CCCCN(C(=O)c3ccc(OCC(N)=O)cc3)C2)CC1. The van der Waals surface area contributed by atoms with E-state index in [1.165, 1.54) is 6.42 Å². The van der Waals surface area contributed by atoms with Crippen LogP contribution in [0.15, 0.2) is 24.3 Å². The molecule has 2 heterocycles. The molecule has 0 bridgehead atoms. The fraction of sp³-hybridized carbons (Fsp3) is 0.600. The fourth-order valence-electron chi connectivity index (χ4n) is 3.82. The molecule has 2 saturated heterocycles. The first kappa shape index (κ1) is 19.6. The minimum Gasteiger partial charge on any atom is -0.484 e. The summed E-state index contributed by atoms with van der Waals surface area (Å²) in [6.07, 6.45) is 3.38. The van der Waals surface area contributed by atoms with E-state index in [1.807, 2.05) is 4.90 Å². The van der Waals surface area contributed by atoms with E-state index in [9.17, 15) is 9.59 Å². The summed E-state index contributed by atoms with van der Waals surface area (Å²) in [5.41, 5.74) is 5.73. The van der Waals surface area contributed by atoms with Gasteiger partial charge < -0.3 is 20.3 Å². The standard InChI is InChI=1S/C20H30N4O3/c1-22-10-12-23(13-11-22)17-4-2-3-9-24(14-17)20(26)16-5-7-18(8-6-16)27-15-19(21)25/h5-8,17H,2-4,9-15H2,1H3,(H2,21,25)/t17-/m1/s1. The Hall–Kier alpha value is -2.12. The molecule has 2 aliphatic heterocycles. The van der Waals surface area contributed by atoms with Crippen LogP contribution in [0.3, 0.4) is 0 Å². The first-order chi connectivity index (χ1) is 13.0. The molecule has 2 aliphatic rings. The lowest BCUT2D eigenvalue weighted by atomic mass is 10.1. The normalized spacial score (nSPS) is 22.3. The number of rotatable bonds is 5. The van der Waals surface area contributed by atoms with Gasteiger partial charge in [-0.25, -0.2) is 0 Å². The van der Waals surface area contributed by atoms with Crippen molar-refractivity contribution in [3.8, 4) is 5.75 Å². The van der Waals surface area contributed by atoms with Crippen molar-refractivity contribution in [2.24, 2.45) is 5.73 Å². The molecule has 148 valence electrons. The van der Waals surface area contributed by atoms with E-state index in [-0.39, 0.29) is 12.5 Å². The largest absolute Gasteiger partial charge is 0.484 e. The average molecular weight is 374 g/mol. The molecule has 1 atom stereocenters. The highest BCUT2D eigenvalue weighted by atomic mass is 16.5. The number of nitrogens with two attached hydrogens (primary N) is 1. The predicted molar refractivity (Wildman–Crippen MR) is 104 cm³/mol. The second-order valence-electron chi connectivity index (χ2n) is 7.52. The molecule has 1 aromatic rings. The molecule has 0 unspecified atom stereocenters. The van der Waals surface area contributed by atoms with Crippen molar-refractivity contribution in [1.82, 2.24) is 14.7 Å². The molecule has 0 saturated carbocycles. The molecule has 2 fully saturated rings. The number of benzene rings is 1. The summed E-state index contributed by atoms with van der Waals surface area (Å²) in [5.74, 6) is 0.0867. The van der Waals surface area contributed by atoms with Crippen LogP contribution >= 0.6 is 0 Å². The van der Waals surface area contributed by atoms with Crippen molar-refractivity contribution in [1.29, 1.82) is 0 Å². The van der Waals surface area contributed by atoms with Crippen LogP contribution in [0, 0.1) is 0 Å². The first-order valence-corrected chi connectivity index (χ1v) is 9.76. The van der Waals surface area contributed by atoms with Gasteiger partial charge >= 0.3 is 0 Å². The maximum atomic E-state index is 13.0. The maximum Gasteiger partial charge on any atom is 0.255 e. The Labute approximate surface area is 161 Å². The number of carbonyl (C=O) groups excluding carboxylic acids is 2. The quantitative estimate of drug-likeness (QED) is 0.824. The monoisotopic (exact) mass is 374 g/mol. The zero-order chi connectivity index (χ0) is 19.2. The molecule has 2 amide bonds. The summed E-state index contributed by atoms with van der Waals surface area (Å²) in [6, 6.07) is 7.39. The van der Waals surface area contributed by atoms with Gasteiger partial charge in [0.2, 0.25) is 0 Å². The van der Waals surface area contributed by atoms with Crippen LogP contribution in [0.5, 0.6) is 5.75 Å². The Morgan fingerprint density at radius 2 is 1.78 bits per heavy atom. The Balaban J connectivity index is 1.61. The van der Waals surface area contributed by atoms with Crippen molar-refractivity contribution in [2.75, 3.05) is 52.9 Å². The number of hydrogen-bond donors (Lipinski definition) is 1. The lowest BCUT2D eigenvalue weighted by Gasteiger charge is -2.39. The summed E-state index contributed by atoms with van der Waals surface area (Å²) in [4.78, 5) is 30.7. The predicted octanol–water partition coefficient (Wildman–Crippen LogP) is 0.793. The zero-order valence-electron chi connectivity index (χ0n) is 16.1. The van der Waals surface area contributed by atoms with Crippen LogP contribution in [0.2, 0.25) is 0 Å². The van der Waals surface area contributed by atoms with Gasteiger partial charge in [0.25, 0.3) is 11.8 Å². The molecule has 27 heavy (non-hydrogen) atoms. The average Bonchev–Trinajstić information content (AvgIpc) is 2.93. The number of likely N-dealkylation sites (N-methyl/N-ethyl adjacent to an activating group) is 1. The van der Waals surface area contributed by atoms with Crippen LogP contribution in [-0.4, -0.2) is 85.5 Å². The molecule has 0 aromatic heterocycles. The van der Waals surface area contributed by atoms with E-state index in [0.717, 1.165) is 52.1 Å². The van der Waals surface area contributed by atoms with Crippen LogP contribution in [0.4, 0.5) is 0 Å². The third-order valence-electron chi connectivity index (χ3n) is 5.47. The second-order valence-corrected chi connectivity index (χ2v) is 7.52. The lowest BCUT2D eigenvalue weighted by Crippen LogP contribution is -2.52. The highest BCUT2D eigenvalue weighted by Crippen LogP contribution is 2.20. The minimum atomic E-state index is -0.519. The first-order valence-electron chi connectivity index (χ1n) is 9.76. The number of primary amides is 1. The van der Waals surface area contributed by atoms with Crippen molar-refractivity contribution in [3.63, 3.8) is 0 Å². The van der Waals surface area contributed by atoms with Gasteiger partial charge in [-0.15, -0.1) is 0 Å². The van der Waals surface area contributed by atoms with Gasteiger partial charge in [-0.2, -0.15) is 0 Å². The number of hydrogen-bond acceptors (Lipinski definition) is 5. The molecule has 0 radical (unpaired) electrons. The number of ether oxygens (including phenoxy) is 1. The van der Waals surface area contributed by atoms with E-state index >= 15 is 0 Å². The summed E-state index contributed by atoms with van der Waals surface area (Å²) >= 11 is 0. The Kier molecular flexibility index (Phi) is 6.68. The van der Waals surface area contributed by atoms with Crippen molar-refractivity contribution in [3.05, 3.63) is 29.8 Å². The van der Waals surface area contributed by atoms with Gasteiger partial charge in [0, 0.05) is 50.9 Å². The van der Waals surface area contributed by atoms with E-state index in [4.69, 9.17) is 10.5 Å². The zero-order valence-corrected chi connectivity index (χ0v) is 16.1. The number of amides is 2. The number of carbonyl (C=O) groups is 2. The van der Waals surface area contributed by atoms with E-state index < -0.39 is 5.91 Å². The molecule has 0 aliphatic carbocycles. The molecule has 7 nitrogen and oxygen atoms in total. The lowest BCUT2D eigenvalue weighted by molar-refractivity contribution is -0.119. The third kappa shape index (κ3) is 5.43.